The van der Waals surface area contributed by atoms with E-state index < -0.39 is 10.0 Å². The van der Waals surface area contributed by atoms with Gasteiger partial charge >= 0.3 is 0 Å². The monoisotopic (exact) mass is 403 g/mol. The molecular formula is C17H19ClFNO3S2. The average molecular weight is 404 g/mol. The number of ether oxygens (including phenoxy) is 1. The van der Waals surface area contributed by atoms with Gasteiger partial charge in [0.2, 0.25) is 10.0 Å². The second kappa shape index (κ2) is 8.89. The van der Waals surface area contributed by atoms with Crippen LogP contribution in [0.3, 0.4) is 0 Å². The number of rotatable bonds is 8. The number of benzene rings is 2. The summed E-state index contributed by atoms with van der Waals surface area (Å²) in [6.07, 6.45) is 0. The van der Waals surface area contributed by atoms with E-state index in [1.165, 1.54) is 42.7 Å². The van der Waals surface area contributed by atoms with Crippen LogP contribution in [0.15, 0.2) is 47.4 Å². The number of hydrogen-bond donors (Lipinski definition) is 0. The van der Waals surface area contributed by atoms with Crippen molar-refractivity contribution in [3.8, 4) is 5.75 Å². The molecule has 0 aliphatic carbocycles. The largest absolute Gasteiger partial charge is 0.493 e. The van der Waals surface area contributed by atoms with Gasteiger partial charge in [-0.05, 0) is 42.0 Å². The van der Waals surface area contributed by atoms with Gasteiger partial charge in [0.05, 0.1) is 11.5 Å². The van der Waals surface area contributed by atoms with Crippen LogP contribution in [0.4, 0.5) is 4.39 Å². The fraction of sp³-hybridized carbons (Fsp3) is 0.294. The van der Waals surface area contributed by atoms with Crippen LogP contribution in [0, 0.1) is 5.82 Å². The summed E-state index contributed by atoms with van der Waals surface area (Å²) in [7, 11) is -0.445. The Kier molecular flexibility index (Phi) is 7.13. The summed E-state index contributed by atoms with van der Waals surface area (Å²) in [4.78, 5) is 0.227. The summed E-state index contributed by atoms with van der Waals surface area (Å²) >= 11 is 7.60. The summed E-state index contributed by atoms with van der Waals surface area (Å²) in [6.45, 7) is 0.475. The Morgan fingerprint density at radius 3 is 2.44 bits per heavy atom. The van der Waals surface area contributed by atoms with Crippen LogP contribution in [0.2, 0.25) is 5.02 Å². The van der Waals surface area contributed by atoms with Gasteiger partial charge in [0.1, 0.15) is 11.6 Å². The van der Waals surface area contributed by atoms with E-state index in [1.54, 1.807) is 30.0 Å². The smallest absolute Gasteiger partial charge is 0.242 e. The Balaban J connectivity index is 1.78. The summed E-state index contributed by atoms with van der Waals surface area (Å²) in [5, 5.41) is 0.422. The predicted molar refractivity (Wildman–Crippen MR) is 100 cm³/mol. The molecule has 136 valence electrons. The highest BCUT2D eigenvalue weighted by atomic mass is 35.5. The van der Waals surface area contributed by atoms with Crippen LogP contribution in [0.1, 0.15) is 5.56 Å². The summed E-state index contributed by atoms with van der Waals surface area (Å²) < 4.78 is 43.7. The highest BCUT2D eigenvalue weighted by molar-refractivity contribution is 7.98. The van der Waals surface area contributed by atoms with Gasteiger partial charge < -0.3 is 4.74 Å². The molecular weight excluding hydrogens is 385 g/mol. The molecule has 0 unspecified atom stereocenters. The first-order chi connectivity index (χ1) is 11.8. The normalized spacial score (nSPS) is 11.7. The lowest BCUT2D eigenvalue weighted by atomic mass is 10.2. The topological polar surface area (TPSA) is 46.6 Å². The third kappa shape index (κ3) is 5.60. The van der Waals surface area contributed by atoms with Crippen molar-refractivity contribution in [2.45, 2.75) is 10.6 Å². The van der Waals surface area contributed by atoms with Crippen LogP contribution in [0.5, 0.6) is 5.75 Å². The molecule has 0 aromatic heterocycles. The van der Waals surface area contributed by atoms with E-state index in [0.717, 1.165) is 11.3 Å². The molecule has 0 aliphatic heterocycles. The van der Waals surface area contributed by atoms with Gasteiger partial charge in [-0.15, -0.1) is 0 Å². The third-order valence-electron chi connectivity index (χ3n) is 3.37. The Labute approximate surface area is 157 Å². The van der Waals surface area contributed by atoms with Crippen LogP contribution >= 0.6 is 23.4 Å². The molecule has 0 amide bonds. The summed E-state index contributed by atoms with van der Waals surface area (Å²) in [6, 6.07) is 10.7. The van der Waals surface area contributed by atoms with Crippen molar-refractivity contribution in [1.29, 1.82) is 0 Å². The third-order valence-corrected chi connectivity index (χ3v) is 6.52. The maximum atomic E-state index is 13.0. The van der Waals surface area contributed by atoms with Gasteiger partial charge in [-0.1, -0.05) is 17.7 Å². The SMILES string of the molecule is CN(C)S(=O)(=O)c1ccc(OCCSCc2ccc(F)cc2Cl)cc1. The molecule has 0 radical (unpaired) electrons. The van der Waals surface area contributed by atoms with Crippen molar-refractivity contribution in [3.63, 3.8) is 0 Å². The molecule has 25 heavy (non-hydrogen) atoms. The lowest BCUT2D eigenvalue weighted by Gasteiger charge is -2.12. The standard InChI is InChI=1S/C17H19ClFNO3S2/c1-20(2)25(21,22)16-7-5-15(6-8-16)23-9-10-24-12-13-3-4-14(19)11-17(13)18/h3-8,11H,9-10,12H2,1-2H3. The zero-order chi connectivity index (χ0) is 18.4. The zero-order valence-electron chi connectivity index (χ0n) is 13.9. The minimum absolute atomic E-state index is 0.227. The molecule has 0 aliphatic rings. The van der Waals surface area contributed by atoms with Gasteiger partial charge in [0.25, 0.3) is 0 Å². The molecule has 0 fully saturated rings. The maximum Gasteiger partial charge on any atom is 0.242 e. The minimum Gasteiger partial charge on any atom is -0.493 e. The van der Waals surface area contributed by atoms with Gasteiger partial charge in [-0.25, -0.2) is 17.1 Å². The molecule has 0 atom stereocenters. The Morgan fingerprint density at radius 1 is 1.16 bits per heavy atom. The van der Waals surface area contributed by atoms with Crippen LogP contribution in [-0.2, 0) is 15.8 Å². The number of thioether (sulfide) groups is 1. The van der Waals surface area contributed by atoms with Gasteiger partial charge in [-0.2, -0.15) is 11.8 Å². The van der Waals surface area contributed by atoms with E-state index in [0.29, 0.717) is 23.1 Å². The summed E-state index contributed by atoms with van der Waals surface area (Å²) in [5.41, 5.74) is 0.881. The second-order valence-corrected chi connectivity index (χ2v) is 9.06. The van der Waals surface area contributed by atoms with Crippen molar-refractivity contribution in [3.05, 3.63) is 58.9 Å². The fourth-order valence-corrected chi connectivity index (χ4v) is 3.99. The first-order valence-electron chi connectivity index (χ1n) is 7.48. The molecule has 0 heterocycles. The predicted octanol–water partition coefficient (Wildman–Crippen LogP) is 4.04. The van der Waals surface area contributed by atoms with Crippen LogP contribution < -0.4 is 4.74 Å². The first kappa shape index (κ1) is 20.0. The van der Waals surface area contributed by atoms with Crippen molar-refractivity contribution < 1.29 is 17.5 Å². The van der Waals surface area contributed by atoms with Crippen molar-refractivity contribution in [2.24, 2.45) is 0 Å². The van der Waals surface area contributed by atoms with Gasteiger partial charge in [0.15, 0.2) is 0 Å². The quantitative estimate of drug-likeness (QED) is 0.624. The van der Waals surface area contributed by atoms with E-state index in [9.17, 15) is 12.8 Å². The Bertz CT molecular complexity index is 811. The van der Waals surface area contributed by atoms with Crippen LogP contribution in [0.25, 0.3) is 0 Å². The van der Waals surface area contributed by atoms with Crippen molar-refractivity contribution in [2.75, 3.05) is 26.5 Å². The zero-order valence-corrected chi connectivity index (χ0v) is 16.3. The van der Waals surface area contributed by atoms with Crippen molar-refractivity contribution >= 4 is 33.4 Å². The van der Waals surface area contributed by atoms with Gasteiger partial charge in [0, 0.05) is 30.6 Å². The minimum atomic E-state index is -3.43. The number of halogens is 2. The van der Waals surface area contributed by atoms with E-state index >= 15 is 0 Å². The molecule has 0 spiro atoms. The molecule has 2 aromatic carbocycles. The Hall–Kier alpha value is -1.28. The number of nitrogens with zero attached hydrogens (tertiary/aromatic N) is 1. The lowest BCUT2D eigenvalue weighted by molar-refractivity contribution is 0.343. The maximum absolute atomic E-state index is 13.0. The lowest BCUT2D eigenvalue weighted by Crippen LogP contribution is -2.22. The second-order valence-electron chi connectivity index (χ2n) is 5.40. The average Bonchev–Trinajstić information content (AvgIpc) is 2.56. The molecule has 0 saturated heterocycles. The number of sulfonamides is 1. The highest BCUT2D eigenvalue weighted by Crippen LogP contribution is 2.22. The number of hydrogen-bond acceptors (Lipinski definition) is 4. The van der Waals surface area contributed by atoms with Gasteiger partial charge in [-0.3, -0.25) is 0 Å². The molecule has 0 bridgehead atoms. The first-order valence-corrected chi connectivity index (χ1v) is 10.4. The van der Waals surface area contributed by atoms with Crippen molar-refractivity contribution in [1.82, 2.24) is 4.31 Å². The molecule has 2 rings (SSSR count). The molecule has 2 aromatic rings. The molecule has 8 heteroatoms. The summed E-state index contributed by atoms with van der Waals surface area (Å²) in [5.74, 6) is 1.66. The van der Waals surface area contributed by atoms with E-state index in [2.05, 4.69) is 0 Å². The van der Waals surface area contributed by atoms with Crippen LogP contribution in [-0.4, -0.2) is 39.2 Å². The fourth-order valence-electron chi connectivity index (χ4n) is 1.96. The van der Waals surface area contributed by atoms with E-state index in [1.807, 2.05) is 0 Å². The van der Waals surface area contributed by atoms with E-state index in [4.69, 9.17) is 16.3 Å². The highest BCUT2D eigenvalue weighted by Gasteiger charge is 2.16. The molecule has 4 nitrogen and oxygen atoms in total. The molecule has 0 saturated carbocycles. The molecule has 0 N–H and O–H groups in total. The Morgan fingerprint density at radius 2 is 1.84 bits per heavy atom. The van der Waals surface area contributed by atoms with E-state index in [-0.39, 0.29) is 10.7 Å².